The van der Waals surface area contributed by atoms with E-state index < -0.39 is 0 Å². The Bertz CT molecular complexity index is 1440. The van der Waals surface area contributed by atoms with Crippen LogP contribution >= 0.6 is 0 Å². The minimum atomic E-state index is 0.686. The van der Waals surface area contributed by atoms with E-state index >= 15 is 0 Å². The molecule has 4 nitrogen and oxygen atoms in total. The predicted octanol–water partition coefficient (Wildman–Crippen LogP) is 5.52. The molecule has 0 atom stereocenters. The van der Waals surface area contributed by atoms with Gasteiger partial charge >= 0.3 is 0 Å². The second kappa shape index (κ2) is 5.79. The van der Waals surface area contributed by atoms with Gasteiger partial charge in [0.15, 0.2) is 0 Å². The third kappa shape index (κ3) is 2.12. The molecule has 0 aliphatic carbocycles. The molecule has 0 unspecified atom stereocenters. The lowest BCUT2D eigenvalue weighted by Gasteiger charge is -2.07. The fourth-order valence-electron chi connectivity index (χ4n) is 4.03. The highest BCUT2D eigenvalue weighted by molar-refractivity contribution is 6.13. The largest absolute Gasteiger partial charge is 0.316 e. The molecule has 0 N–H and O–H groups in total. The average molecular weight is 360 g/mol. The molecule has 132 valence electrons. The minimum Gasteiger partial charge on any atom is -0.316 e. The van der Waals surface area contributed by atoms with Crippen molar-refractivity contribution >= 4 is 32.7 Å². The summed E-state index contributed by atoms with van der Waals surface area (Å²) in [6.45, 7) is 0. The molecule has 0 aliphatic rings. The molecule has 3 aromatic heterocycles. The number of benzene rings is 3. The lowest BCUT2D eigenvalue weighted by Crippen LogP contribution is -1.99. The van der Waals surface area contributed by atoms with Gasteiger partial charge in [-0.3, -0.25) is 4.57 Å². The van der Waals surface area contributed by atoms with Crippen molar-refractivity contribution in [3.05, 3.63) is 97.5 Å². The molecule has 28 heavy (non-hydrogen) atoms. The number of hydrogen-bond donors (Lipinski definition) is 0. The second-order valence-electron chi connectivity index (χ2n) is 6.85. The molecule has 0 fully saturated rings. The van der Waals surface area contributed by atoms with Gasteiger partial charge in [-0.05, 0) is 42.5 Å². The van der Waals surface area contributed by atoms with Crippen molar-refractivity contribution in [1.29, 1.82) is 0 Å². The van der Waals surface area contributed by atoms with E-state index in [9.17, 15) is 0 Å². The Labute approximate surface area is 161 Å². The number of hydrogen-bond acceptors (Lipinski definition) is 2. The molecule has 0 saturated heterocycles. The van der Waals surface area contributed by atoms with Gasteiger partial charge in [-0.25, -0.2) is 9.97 Å². The van der Waals surface area contributed by atoms with E-state index in [4.69, 9.17) is 0 Å². The van der Waals surface area contributed by atoms with E-state index in [0.29, 0.717) is 5.95 Å². The standard InChI is InChI=1S/C24H16N4/c1-2-7-18(8-3-1)27-14-11-17-15-20-19-9-4-5-10-21(19)28(23(20)16-22(17)27)24-25-12-6-13-26-24/h1-16H. The number of rotatable bonds is 2. The zero-order valence-electron chi connectivity index (χ0n) is 15.0. The van der Waals surface area contributed by atoms with E-state index in [0.717, 1.165) is 16.7 Å². The molecule has 0 radical (unpaired) electrons. The molecule has 0 spiro atoms. The molecule has 0 saturated carbocycles. The molecule has 6 aromatic rings. The summed E-state index contributed by atoms with van der Waals surface area (Å²) < 4.78 is 4.37. The number of nitrogens with zero attached hydrogens (tertiary/aromatic N) is 4. The maximum Gasteiger partial charge on any atom is 0.234 e. The van der Waals surface area contributed by atoms with Crippen molar-refractivity contribution in [1.82, 2.24) is 19.1 Å². The van der Waals surface area contributed by atoms with Crippen LogP contribution in [0.25, 0.3) is 44.3 Å². The molecule has 3 heterocycles. The van der Waals surface area contributed by atoms with Crippen LogP contribution in [-0.4, -0.2) is 19.1 Å². The van der Waals surface area contributed by atoms with Crippen LogP contribution in [0, 0.1) is 0 Å². The summed E-state index contributed by atoms with van der Waals surface area (Å²) in [7, 11) is 0. The lowest BCUT2D eigenvalue weighted by atomic mass is 10.1. The van der Waals surface area contributed by atoms with Crippen molar-refractivity contribution < 1.29 is 0 Å². The highest BCUT2D eigenvalue weighted by atomic mass is 15.1. The Morgan fingerprint density at radius 1 is 0.607 bits per heavy atom. The lowest BCUT2D eigenvalue weighted by molar-refractivity contribution is 0.988. The molecule has 0 amide bonds. The van der Waals surface area contributed by atoms with Crippen LogP contribution in [-0.2, 0) is 0 Å². The summed E-state index contributed by atoms with van der Waals surface area (Å²) in [5.74, 6) is 0.686. The van der Waals surface area contributed by atoms with E-state index in [2.05, 4.69) is 92.0 Å². The summed E-state index contributed by atoms with van der Waals surface area (Å²) in [6.07, 6.45) is 5.70. The van der Waals surface area contributed by atoms with Crippen LogP contribution in [0.3, 0.4) is 0 Å². The Morgan fingerprint density at radius 3 is 2.25 bits per heavy atom. The van der Waals surface area contributed by atoms with Gasteiger partial charge in [0.25, 0.3) is 0 Å². The molecule has 3 aromatic carbocycles. The van der Waals surface area contributed by atoms with Crippen LogP contribution in [0.5, 0.6) is 0 Å². The molecule has 0 bridgehead atoms. The predicted molar refractivity (Wildman–Crippen MR) is 113 cm³/mol. The normalized spacial score (nSPS) is 11.6. The Morgan fingerprint density at radius 2 is 1.39 bits per heavy atom. The summed E-state index contributed by atoms with van der Waals surface area (Å²) in [4.78, 5) is 9.03. The topological polar surface area (TPSA) is 35.6 Å². The number of aromatic nitrogens is 4. The fourth-order valence-corrected chi connectivity index (χ4v) is 4.03. The molecule has 4 heteroatoms. The van der Waals surface area contributed by atoms with Gasteiger partial charge in [-0.15, -0.1) is 0 Å². The second-order valence-corrected chi connectivity index (χ2v) is 6.85. The smallest absolute Gasteiger partial charge is 0.234 e. The van der Waals surface area contributed by atoms with Crippen LogP contribution in [0.4, 0.5) is 0 Å². The van der Waals surface area contributed by atoms with Crippen molar-refractivity contribution in [3.63, 3.8) is 0 Å². The molecule has 6 rings (SSSR count). The minimum absolute atomic E-state index is 0.686. The van der Waals surface area contributed by atoms with Gasteiger partial charge in [0.2, 0.25) is 5.95 Å². The zero-order valence-corrected chi connectivity index (χ0v) is 15.0. The van der Waals surface area contributed by atoms with E-state index in [1.165, 1.54) is 21.7 Å². The van der Waals surface area contributed by atoms with Crippen LogP contribution in [0.2, 0.25) is 0 Å². The van der Waals surface area contributed by atoms with E-state index in [1.54, 1.807) is 12.4 Å². The van der Waals surface area contributed by atoms with Crippen molar-refractivity contribution in [2.75, 3.05) is 0 Å². The van der Waals surface area contributed by atoms with Crippen LogP contribution < -0.4 is 0 Å². The summed E-state index contributed by atoms with van der Waals surface area (Å²) in [6, 6.07) is 27.4. The van der Waals surface area contributed by atoms with Crippen LogP contribution in [0.1, 0.15) is 0 Å². The van der Waals surface area contributed by atoms with Gasteiger partial charge in [0.1, 0.15) is 0 Å². The fraction of sp³-hybridized carbons (Fsp3) is 0. The van der Waals surface area contributed by atoms with Gasteiger partial charge in [0, 0.05) is 40.4 Å². The zero-order chi connectivity index (χ0) is 18.5. The molecule has 0 aliphatic heterocycles. The first kappa shape index (κ1) is 15.2. The summed E-state index contributed by atoms with van der Waals surface area (Å²) >= 11 is 0. The third-order valence-corrected chi connectivity index (χ3v) is 5.27. The summed E-state index contributed by atoms with van der Waals surface area (Å²) in [5.41, 5.74) is 4.53. The molecular weight excluding hydrogens is 344 g/mol. The SMILES string of the molecule is c1ccc(-n2ccc3cc4c5ccccc5n(-c5ncccn5)c4cc32)cc1. The maximum atomic E-state index is 4.51. The average Bonchev–Trinajstić information content (AvgIpc) is 3.32. The maximum absolute atomic E-state index is 4.51. The Kier molecular flexibility index (Phi) is 3.14. The van der Waals surface area contributed by atoms with Crippen molar-refractivity contribution in [2.24, 2.45) is 0 Å². The highest BCUT2D eigenvalue weighted by Crippen LogP contribution is 2.34. The Hall–Kier alpha value is -3.92. The first-order valence-electron chi connectivity index (χ1n) is 9.27. The third-order valence-electron chi connectivity index (χ3n) is 5.27. The number of para-hydroxylation sites is 2. The van der Waals surface area contributed by atoms with Gasteiger partial charge in [-0.1, -0.05) is 36.4 Å². The van der Waals surface area contributed by atoms with Crippen LogP contribution in [0.15, 0.2) is 97.5 Å². The molecular formula is C24H16N4. The summed E-state index contributed by atoms with van der Waals surface area (Å²) in [5, 5.41) is 3.63. The van der Waals surface area contributed by atoms with Gasteiger partial charge < -0.3 is 4.57 Å². The van der Waals surface area contributed by atoms with Gasteiger partial charge in [-0.2, -0.15) is 0 Å². The van der Waals surface area contributed by atoms with E-state index in [-0.39, 0.29) is 0 Å². The number of fused-ring (bicyclic) bond motifs is 4. The first-order chi connectivity index (χ1) is 13.9. The van der Waals surface area contributed by atoms with E-state index in [1.807, 2.05) is 12.1 Å². The quantitative estimate of drug-likeness (QED) is 0.408. The van der Waals surface area contributed by atoms with Crippen molar-refractivity contribution in [2.45, 2.75) is 0 Å². The highest BCUT2D eigenvalue weighted by Gasteiger charge is 2.15. The monoisotopic (exact) mass is 360 g/mol. The van der Waals surface area contributed by atoms with Crippen molar-refractivity contribution in [3.8, 4) is 11.6 Å². The first-order valence-corrected chi connectivity index (χ1v) is 9.27. The van der Waals surface area contributed by atoms with Gasteiger partial charge in [0.05, 0.1) is 16.6 Å². The Balaban J connectivity index is 1.76.